The van der Waals surface area contributed by atoms with Gasteiger partial charge in [0.15, 0.2) is 0 Å². The average Bonchev–Trinajstić information content (AvgIpc) is 2.56. The molecule has 0 atom stereocenters. The molecule has 0 amide bonds. The lowest BCUT2D eigenvalue weighted by Gasteiger charge is -2.18. The molecule has 0 spiro atoms. The fraction of sp³-hybridized carbons (Fsp3) is 0.227. The van der Waals surface area contributed by atoms with E-state index in [1.54, 1.807) is 6.20 Å². The fourth-order valence-electron chi connectivity index (χ4n) is 2.84. The maximum atomic E-state index is 6.40. The van der Waals surface area contributed by atoms with Crippen molar-refractivity contribution in [1.29, 1.82) is 0 Å². The Balaban J connectivity index is 1.94. The van der Waals surface area contributed by atoms with Gasteiger partial charge in [0.25, 0.3) is 0 Å². The zero-order valence-electron chi connectivity index (χ0n) is 14.4. The topological polar surface area (TPSA) is 12.9 Å². The molecule has 3 aromatic rings. The highest BCUT2D eigenvalue weighted by atomic mass is 35.5. The van der Waals surface area contributed by atoms with E-state index in [1.165, 1.54) is 5.56 Å². The first-order chi connectivity index (χ1) is 11.4. The molecule has 1 aromatic heterocycles. The normalized spacial score (nSPS) is 11.5. The van der Waals surface area contributed by atoms with E-state index in [2.05, 4.69) is 68.2 Å². The van der Waals surface area contributed by atoms with Gasteiger partial charge >= 0.3 is 0 Å². The molecular weight excluding hydrogens is 314 g/mol. The molecule has 0 saturated carbocycles. The predicted molar refractivity (Wildman–Crippen MR) is 103 cm³/mol. The summed E-state index contributed by atoms with van der Waals surface area (Å²) in [6.07, 6.45) is 2.80. The van der Waals surface area contributed by atoms with Crippen LogP contribution >= 0.6 is 11.6 Å². The van der Waals surface area contributed by atoms with Crippen LogP contribution in [0.4, 0.5) is 0 Å². The zero-order valence-corrected chi connectivity index (χ0v) is 15.1. The summed E-state index contributed by atoms with van der Waals surface area (Å²) in [7, 11) is 0. The first-order valence-electron chi connectivity index (χ1n) is 8.23. The van der Waals surface area contributed by atoms with Crippen LogP contribution in [0, 0.1) is 5.41 Å². The van der Waals surface area contributed by atoms with Gasteiger partial charge < -0.3 is 0 Å². The van der Waals surface area contributed by atoms with Crippen LogP contribution in [0.2, 0.25) is 5.02 Å². The van der Waals surface area contributed by atoms with Crippen molar-refractivity contribution in [3.8, 4) is 22.4 Å². The molecule has 0 aliphatic carbocycles. The molecule has 2 aromatic carbocycles. The summed E-state index contributed by atoms with van der Waals surface area (Å²) in [6.45, 7) is 6.77. The zero-order chi connectivity index (χ0) is 17.2. The maximum Gasteiger partial charge on any atom is 0.0709 e. The number of halogens is 1. The largest absolute Gasteiger partial charge is 0.255 e. The molecule has 122 valence electrons. The maximum absolute atomic E-state index is 6.40. The summed E-state index contributed by atoms with van der Waals surface area (Å²) < 4.78 is 0. The minimum atomic E-state index is 0.288. The Morgan fingerprint density at radius 2 is 1.54 bits per heavy atom. The summed E-state index contributed by atoms with van der Waals surface area (Å²) in [5.41, 5.74) is 5.81. The molecule has 0 saturated heterocycles. The van der Waals surface area contributed by atoms with Gasteiger partial charge in [0.2, 0.25) is 0 Å². The van der Waals surface area contributed by atoms with E-state index < -0.39 is 0 Å². The van der Waals surface area contributed by atoms with E-state index in [0.29, 0.717) is 5.02 Å². The van der Waals surface area contributed by atoms with Crippen molar-refractivity contribution in [2.24, 2.45) is 5.41 Å². The van der Waals surface area contributed by atoms with Crippen LogP contribution in [0.15, 0.2) is 66.9 Å². The van der Waals surface area contributed by atoms with Crippen molar-refractivity contribution in [3.63, 3.8) is 0 Å². The SMILES string of the molecule is CC(C)(C)Cc1ccc(-c2cc(-c3ccccc3)ncc2Cl)cc1. The molecule has 2 heteroatoms. The summed E-state index contributed by atoms with van der Waals surface area (Å²) in [5, 5.41) is 0.679. The number of hydrogen-bond acceptors (Lipinski definition) is 1. The molecule has 0 aliphatic rings. The van der Waals surface area contributed by atoms with Crippen LogP contribution in [0.3, 0.4) is 0 Å². The van der Waals surface area contributed by atoms with Gasteiger partial charge in [-0.15, -0.1) is 0 Å². The third-order valence-corrected chi connectivity index (χ3v) is 4.23. The van der Waals surface area contributed by atoms with E-state index >= 15 is 0 Å². The molecule has 0 bridgehead atoms. The molecule has 0 fully saturated rings. The Labute approximate surface area is 149 Å². The average molecular weight is 336 g/mol. The number of pyridine rings is 1. The van der Waals surface area contributed by atoms with Crippen LogP contribution in [0.1, 0.15) is 26.3 Å². The first-order valence-corrected chi connectivity index (χ1v) is 8.60. The lowest BCUT2D eigenvalue weighted by molar-refractivity contribution is 0.411. The van der Waals surface area contributed by atoms with E-state index in [4.69, 9.17) is 11.6 Å². The van der Waals surface area contributed by atoms with E-state index in [9.17, 15) is 0 Å². The second kappa shape index (κ2) is 6.78. The Bertz CT molecular complexity index is 815. The van der Waals surface area contributed by atoms with Crippen molar-refractivity contribution < 1.29 is 0 Å². The molecule has 0 N–H and O–H groups in total. The van der Waals surface area contributed by atoms with Crippen LogP contribution in [-0.2, 0) is 6.42 Å². The predicted octanol–water partition coefficient (Wildman–Crippen LogP) is 6.66. The number of hydrogen-bond donors (Lipinski definition) is 0. The van der Waals surface area contributed by atoms with E-state index in [-0.39, 0.29) is 5.41 Å². The highest BCUT2D eigenvalue weighted by molar-refractivity contribution is 6.33. The van der Waals surface area contributed by atoms with Gasteiger partial charge in [-0.2, -0.15) is 0 Å². The smallest absolute Gasteiger partial charge is 0.0709 e. The Hall–Kier alpha value is -2.12. The van der Waals surface area contributed by atoms with Gasteiger partial charge in [0.1, 0.15) is 0 Å². The fourth-order valence-corrected chi connectivity index (χ4v) is 3.05. The van der Waals surface area contributed by atoms with Crippen molar-refractivity contribution in [1.82, 2.24) is 4.98 Å². The summed E-state index contributed by atoms with van der Waals surface area (Å²) >= 11 is 6.40. The molecule has 24 heavy (non-hydrogen) atoms. The highest BCUT2D eigenvalue weighted by Gasteiger charge is 2.12. The number of rotatable bonds is 3. The summed E-state index contributed by atoms with van der Waals surface area (Å²) in [6, 6.07) is 20.9. The molecule has 1 nitrogen and oxygen atoms in total. The molecule has 0 unspecified atom stereocenters. The monoisotopic (exact) mass is 335 g/mol. The Morgan fingerprint density at radius 3 is 2.17 bits per heavy atom. The Kier molecular flexibility index (Phi) is 4.73. The second-order valence-corrected chi connectivity index (χ2v) is 7.76. The van der Waals surface area contributed by atoms with Crippen molar-refractivity contribution in [2.75, 3.05) is 0 Å². The number of benzene rings is 2. The van der Waals surface area contributed by atoms with Gasteiger partial charge in [-0.1, -0.05) is 87.0 Å². The lowest BCUT2D eigenvalue weighted by Crippen LogP contribution is -2.08. The van der Waals surface area contributed by atoms with Gasteiger partial charge in [0.05, 0.1) is 10.7 Å². The van der Waals surface area contributed by atoms with Crippen molar-refractivity contribution in [3.05, 3.63) is 77.4 Å². The van der Waals surface area contributed by atoms with E-state index in [1.807, 2.05) is 18.2 Å². The highest BCUT2D eigenvalue weighted by Crippen LogP contribution is 2.31. The first kappa shape index (κ1) is 16.7. The third-order valence-electron chi connectivity index (χ3n) is 3.92. The van der Waals surface area contributed by atoms with Gasteiger partial charge in [0, 0.05) is 17.3 Å². The third kappa shape index (κ3) is 4.04. The van der Waals surface area contributed by atoms with Gasteiger partial charge in [-0.05, 0) is 29.0 Å². The summed E-state index contributed by atoms with van der Waals surface area (Å²) in [5.74, 6) is 0. The quantitative estimate of drug-likeness (QED) is 0.521. The number of nitrogens with zero attached hydrogens (tertiary/aromatic N) is 1. The van der Waals surface area contributed by atoms with Gasteiger partial charge in [-0.3, -0.25) is 4.98 Å². The molecule has 3 rings (SSSR count). The van der Waals surface area contributed by atoms with Crippen molar-refractivity contribution in [2.45, 2.75) is 27.2 Å². The van der Waals surface area contributed by atoms with E-state index in [0.717, 1.165) is 28.8 Å². The lowest BCUT2D eigenvalue weighted by atomic mass is 9.87. The van der Waals surface area contributed by atoms with Crippen molar-refractivity contribution >= 4 is 11.6 Å². The van der Waals surface area contributed by atoms with Crippen LogP contribution in [-0.4, -0.2) is 4.98 Å². The molecule has 1 heterocycles. The number of aromatic nitrogens is 1. The minimum Gasteiger partial charge on any atom is -0.255 e. The minimum absolute atomic E-state index is 0.288. The molecule has 0 aliphatic heterocycles. The molecular formula is C22H22ClN. The van der Waals surface area contributed by atoms with Crippen LogP contribution in [0.5, 0.6) is 0 Å². The standard InChI is InChI=1S/C22H22ClN/c1-22(2,3)14-16-9-11-17(12-10-16)19-13-21(24-15-20(19)23)18-7-5-4-6-8-18/h4-13,15H,14H2,1-3H3. The van der Waals surface area contributed by atoms with Gasteiger partial charge in [-0.25, -0.2) is 0 Å². The van der Waals surface area contributed by atoms with Crippen LogP contribution < -0.4 is 0 Å². The second-order valence-electron chi connectivity index (χ2n) is 7.35. The Morgan fingerprint density at radius 1 is 0.875 bits per heavy atom. The summed E-state index contributed by atoms with van der Waals surface area (Å²) in [4.78, 5) is 4.47. The van der Waals surface area contributed by atoms with Crippen LogP contribution in [0.25, 0.3) is 22.4 Å². The molecule has 0 radical (unpaired) electrons.